The zero-order chi connectivity index (χ0) is 19.4. The van der Waals surface area contributed by atoms with Crippen LogP contribution in [0.2, 0.25) is 5.02 Å². The number of aromatic nitrogens is 2. The standard InChI is InChI=1S/C21H20ClN3O2/c1-4-11-25(21(26)18-12-14(2)5-6-15(18)3)13-19-23-20(24-27-19)16-7-9-17(22)10-8-16/h4-10,12H,1,11,13H2,2-3H3. The largest absolute Gasteiger partial charge is 0.337 e. The van der Waals surface area contributed by atoms with Crippen molar-refractivity contribution >= 4 is 17.5 Å². The van der Waals surface area contributed by atoms with Gasteiger partial charge in [0.2, 0.25) is 11.7 Å². The number of rotatable bonds is 6. The van der Waals surface area contributed by atoms with E-state index in [9.17, 15) is 4.79 Å². The van der Waals surface area contributed by atoms with E-state index in [1.165, 1.54) is 0 Å². The predicted molar refractivity (Wildman–Crippen MR) is 106 cm³/mol. The zero-order valence-corrected chi connectivity index (χ0v) is 16.0. The monoisotopic (exact) mass is 381 g/mol. The number of carbonyl (C=O) groups excluding carboxylic acids is 1. The highest BCUT2D eigenvalue weighted by atomic mass is 35.5. The van der Waals surface area contributed by atoms with Crippen molar-refractivity contribution in [3.63, 3.8) is 0 Å². The summed E-state index contributed by atoms with van der Waals surface area (Å²) in [6.45, 7) is 8.22. The summed E-state index contributed by atoms with van der Waals surface area (Å²) in [4.78, 5) is 19.0. The maximum Gasteiger partial charge on any atom is 0.254 e. The quantitative estimate of drug-likeness (QED) is 0.573. The molecule has 138 valence electrons. The molecule has 0 unspecified atom stereocenters. The molecule has 0 aliphatic carbocycles. The van der Waals surface area contributed by atoms with Gasteiger partial charge in [0.25, 0.3) is 5.91 Å². The Morgan fingerprint density at radius 3 is 2.67 bits per heavy atom. The summed E-state index contributed by atoms with van der Waals surface area (Å²) in [5, 5.41) is 4.64. The Balaban J connectivity index is 1.82. The van der Waals surface area contributed by atoms with Gasteiger partial charge in [0.15, 0.2) is 0 Å². The number of hydrogen-bond donors (Lipinski definition) is 0. The third-order valence-corrected chi connectivity index (χ3v) is 4.41. The van der Waals surface area contributed by atoms with Crippen LogP contribution < -0.4 is 0 Å². The van der Waals surface area contributed by atoms with Gasteiger partial charge < -0.3 is 9.42 Å². The molecule has 0 radical (unpaired) electrons. The molecule has 1 heterocycles. The summed E-state index contributed by atoms with van der Waals surface area (Å²) < 4.78 is 5.34. The smallest absolute Gasteiger partial charge is 0.254 e. The van der Waals surface area contributed by atoms with Crippen molar-refractivity contribution < 1.29 is 9.32 Å². The van der Waals surface area contributed by atoms with Crippen LogP contribution in [0.1, 0.15) is 27.4 Å². The van der Waals surface area contributed by atoms with Gasteiger partial charge in [-0.2, -0.15) is 4.98 Å². The van der Waals surface area contributed by atoms with Crippen LogP contribution in [0.5, 0.6) is 0 Å². The first-order valence-electron chi connectivity index (χ1n) is 8.54. The van der Waals surface area contributed by atoms with Crippen LogP contribution in [0.25, 0.3) is 11.4 Å². The summed E-state index contributed by atoms with van der Waals surface area (Å²) in [5.74, 6) is 0.724. The number of aryl methyl sites for hydroxylation is 2. The van der Waals surface area contributed by atoms with Gasteiger partial charge in [0.1, 0.15) is 6.54 Å². The molecule has 5 nitrogen and oxygen atoms in total. The third-order valence-electron chi connectivity index (χ3n) is 4.16. The molecule has 1 amide bonds. The molecule has 0 aliphatic rings. The van der Waals surface area contributed by atoms with E-state index < -0.39 is 0 Å². The highest BCUT2D eigenvalue weighted by Gasteiger charge is 2.20. The lowest BCUT2D eigenvalue weighted by molar-refractivity contribution is 0.0744. The molecule has 0 aliphatic heterocycles. The molecule has 3 aromatic rings. The van der Waals surface area contributed by atoms with Crippen LogP contribution >= 0.6 is 11.6 Å². The molecular formula is C21H20ClN3O2. The van der Waals surface area contributed by atoms with Crippen LogP contribution in [-0.4, -0.2) is 27.5 Å². The van der Waals surface area contributed by atoms with Crippen molar-refractivity contribution in [2.45, 2.75) is 20.4 Å². The summed E-state index contributed by atoms with van der Waals surface area (Å²) >= 11 is 5.91. The number of carbonyl (C=O) groups is 1. The fourth-order valence-corrected chi connectivity index (χ4v) is 2.84. The second-order valence-electron chi connectivity index (χ2n) is 6.31. The zero-order valence-electron chi connectivity index (χ0n) is 15.3. The van der Waals surface area contributed by atoms with Crippen LogP contribution in [0.15, 0.2) is 59.6 Å². The van der Waals surface area contributed by atoms with Gasteiger partial charge in [-0.3, -0.25) is 4.79 Å². The molecule has 0 saturated carbocycles. The molecule has 1 aromatic heterocycles. The maximum absolute atomic E-state index is 13.0. The SMILES string of the molecule is C=CCN(Cc1nc(-c2ccc(Cl)cc2)no1)C(=O)c1cc(C)ccc1C. The number of halogens is 1. The Morgan fingerprint density at radius 2 is 1.96 bits per heavy atom. The number of amides is 1. The van der Waals surface area contributed by atoms with E-state index in [0.29, 0.717) is 28.8 Å². The van der Waals surface area contributed by atoms with Gasteiger partial charge in [-0.05, 0) is 49.7 Å². The van der Waals surface area contributed by atoms with Gasteiger partial charge >= 0.3 is 0 Å². The van der Waals surface area contributed by atoms with Gasteiger partial charge in [0.05, 0.1) is 0 Å². The lowest BCUT2D eigenvalue weighted by atomic mass is 10.0. The van der Waals surface area contributed by atoms with Crippen molar-refractivity contribution in [2.24, 2.45) is 0 Å². The minimum atomic E-state index is -0.0951. The molecule has 2 aromatic carbocycles. The minimum absolute atomic E-state index is 0.0951. The van der Waals surface area contributed by atoms with Gasteiger partial charge in [-0.1, -0.05) is 40.5 Å². The second-order valence-corrected chi connectivity index (χ2v) is 6.75. The maximum atomic E-state index is 13.0. The van der Waals surface area contributed by atoms with Crippen molar-refractivity contribution in [1.29, 1.82) is 0 Å². The first-order chi connectivity index (χ1) is 13.0. The van der Waals surface area contributed by atoms with Crippen molar-refractivity contribution in [2.75, 3.05) is 6.54 Å². The lowest BCUT2D eigenvalue weighted by Crippen LogP contribution is -2.31. The summed E-state index contributed by atoms with van der Waals surface area (Å²) in [6.07, 6.45) is 1.68. The van der Waals surface area contributed by atoms with E-state index in [0.717, 1.165) is 16.7 Å². The van der Waals surface area contributed by atoms with Crippen LogP contribution in [0, 0.1) is 13.8 Å². The second kappa shape index (κ2) is 8.18. The highest BCUT2D eigenvalue weighted by molar-refractivity contribution is 6.30. The van der Waals surface area contributed by atoms with Gasteiger partial charge in [0, 0.05) is 22.7 Å². The van der Waals surface area contributed by atoms with E-state index in [4.69, 9.17) is 16.1 Å². The topological polar surface area (TPSA) is 59.2 Å². The first kappa shape index (κ1) is 18.9. The lowest BCUT2D eigenvalue weighted by Gasteiger charge is -2.20. The van der Waals surface area contributed by atoms with E-state index in [-0.39, 0.29) is 12.5 Å². The van der Waals surface area contributed by atoms with Gasteiger partial charge in [-0.25, -0.2) is 0 Å². The Kier molecular flexibility index (Phi) is 5.72. The van der Waals surface area contributed by atoms with Crippen LogP contribution in [0.4, 0.5) is 0 Å². The van der Waals surface area contributed by atoms with Crippen molar-refractivity contribution in [1.82, 2.24) is 15.0 Å². The number of benzene rings is 2. The highest BCUT2D eigenvalue weighted by Crippen LogP contribution is 2.20. The minimum Gasteiger partial charge on any atom is -0.337 e. The van der Waals surface area contributed by atoms with Crippen LogP contribution in [-0.2, 0) is 6.54 Å². The molecule has 0 fully saturated rings. The average Bonchev–Trinajstić information content (AvgIpc) is 3.12. The number of hydrogen-bond acceptors (Lipinski definition) is 4. The van der Waals surface area contributed by atoms with Crippen molar-refractivity contribution in [3.8, 4) is 11.4 Å². The fourth-order valence-electron chi connectivity index (χ4n) is 2.71. The Bertz CT molecular complexity index is 964. The summed E-state index contributed by atoms with van der Waals surface area (Å²) in [7, 11) is 0. The average molecular weight is 382 g/mol. The number of nitrogens with zero attached hydrogens (tertiary/aromatic N) is 3. The van der Waals surface area contributed by atoms with E-state index in [2.05, 4.69) is 16.7 Å². The fraction of sp³-hybridized carbons (Fsp3) is 0.190. The molecule has 6 heteroatoms. The van der Waals surface area contributed by atoms with E-state index in [1.54, 1.807) is 23.1 Å². The summed E-state index contributed by atoms with van der Waals surface area (Å²) in [6, 6.07) is 13.0. The third kappa shape index (κ3) is 4.44. The molecule has 0 N–H and O–H groups in total. The Labute approximate surface area is 163 Å². The molecule has 0 atom stereocenters. The van der Waals surface area contributed by atoms with E-state index in [1.807, 2.05) is 44.2 Å². The predicted octanol–water partition coefficient (Wildman–Crippen LogP) is 4.84. The molecule has 0 spiro atoms. The molecular weight excluding hydrogens is 362 g/mol. The Hall–Kier alpha value is -2.92. The van der Waals surface area contributed by atoms with Gasteiger partial charge in [-0.15, -0.1) is 6.58 Å². The molecule has 0 bridgehead atoms. The van der Waals surface area contributed by atoms with Crippen molar-refractivity contribution in [3.05, 3.63) is 82.7 Å². The molecule has 27 heavy (non-hydrogen) atoms. The Morgan fingerprint density at radius 1 is 1.22 bits per heavy atom. The molecule has 3 rings (SSSR count). The normalized spacial score (nSPS) is 10.6. The summed E-state index contributed by atoms with van der Waals surface area (Å²) in [5.41, 5.74) is 3.41. The first-order valence-corrected chi connectivity index (χ1v) is 8.91. The molecule has 0 saturated heterocycles. The van der Waals surface area contributed by atoms with E-state index >= 15 is 0 Å². The van der Waals surface area contributed by atoms with Crippen LogP contribution in [0.3, 0.4) is 0 Å².